The minimum atomic E-state index is 0.560. The summed E-state index contributed by atoms with van der Waals surface area (Å²) < 4.78 is 1.66. The second kappa shape index (κ2) is 5.79. The summed E-state index contributed by atoms with van der Waals surface area (Å²) in [6.45, 7) is 2.18. The Morgan fingerprint density at radius 3 is 2.38 bits per heavy atom. The molecule has 0 amide bonds. The number of hydrogen-bond acceptors (Lipinski definition) is 3. The van der Waals surface area contributed by atoms with Gasteiger partial charge in [-0.3, -0.25) is 0 Å². The Morgan fingerprint density at radius 2 is 1.71 bits per heavy atom. The molecule has 2 aromatic carbocycles. The van der Waals surface area contributed by atoms with Crippen LogP contribution in [0.1, 0.15) is 18.9 Å². The first-order valence-corrected chi connectivity index (χ1v) is 7.15. The Kier molecular flexibility index (Phi) is 3.69. The highest BCUT2D eigenvalue weighted by Gasteiger charge is 2.12. The largest absolute Gasteiger partial charge is 0.382 e. The highest BCUT2D eigenvalue weighted by atomic mass is 15.5. The fraction of sp³-hybridized carbons (Fsp3) is 0.176. The minimum Gasteiger partial charge on any atom is -0.382 e. The first-order valence-electron chi connectivity index (χ1n) is 7.15. The average Bonchev–Trinajstić information content (AvgIpc) is 2.91. The minimum absolute atomic E-state index is 0.560. The van der Waals surface area contributed by atoms with E-state index in [1.165, 1.54) is 5.56 Å². The topological polar surface area (TPSA) is 56.7 Å². The van der Waals surface area contributed by atoms with Crippen molar-refractivity contribution < 1.29 is 0 Å². The van der Waals surface area contributed by atoms with Crippen LogP contribution in [0.4, 0.5) is 5.82 Å². The molecule has 0 saturated heterocycles. The number of nitrogens with zero attached hydrogens (tertiary/aromatic N) is 3. The molecule has 0 saturated carbocycles. The molecular formula is C17H18N4. The van der Waals surface area contributed by atoms with Crippen molar-refractivity contribution in [2.24, 2.45) is 0 Å². The molecule has 0 aliphatic rings. The maximum Gasteiger partial charge on any atom is 0.155 e. The predicted molar refractivity (Wildman–Crippen MR) is 85.2 cm³/mol. The second-order valence-electron chi connectivity index (χ2n) is 5.02. The quantitative estimate of drug-likeness (QED) is 0.795. The van der Waals surface area contributed by atoms with E-state index in [0.29, 0.717) is 5.82 Å². The second-order valence-corrected chi connectivity index (χ2v) is 5.02. The molecule has 0 spiro atoms. The van der Waals surface area contributed by atoms with Crippen LogP contribution in [0, 0.1) is 0 Å². The molecule has 0 aliphatic heterocycles. The molecule has 106 valence electrons. The van der Waals surface area contributed by atoms with E-state index in [2.05, 4.69) is 41.5 Å². The van der Waals surface area contributed by atoms with Crippen molar-refractivity contribution in [3.8, 4) is 16.9 Å². The van der Waals surface area contributed by atoms with E-state index in [9.17, 15) is 0 Å². The van der Waals surface area contributed by atoms with E-state index in [1.54, 1.807) is 4.68 Å². The molecule has 3 aromatic rings. The summed E-state index contributed by atoms with van der Waals surface area (Å²) in [5, 5.41) is 8.39. The third kappa shape index (κ3) is 2.65. The van der Waals surface area contributed by atoms with E-state index in [4.69, 9.17) is 5.73 Å². The lowest BCUT2D eigenvalue weighted by Gasteiger charge is -2.04. The molecule has 0 radical (unpaired) electrons. The van der Waals surface area contributed by atoms with E-state index in [-0.39, 0.29) is 0 Å². The van der Waals surface area contributed by atoms with Crippen LogP contribution in [0.3, 0.4) is 0 Å². The lowest BCUT2D eigenvalue weighted by molar-refractivity contribution is 0.810. The van der Waals surface area contributed by atoms with Gasteiger partial charge in [0.15, 0.2) is 5.82 Å². The molecular weight excluding hydrogens is 260 g/mol. The van der Waals surface area contributed by atoms with Gasteiger partial charge in [-0.15, -0.1) is 5.10 Å². The van der Waals surface area contributed by atoms with Crippen molar-refractivity contribution in [1.29, 1.82) is 0 Å². The number of aryl methyl sites for hydroxylation is 1. The van der Waals surface area contributed by atoms with Crippen LogP contribution in [-0.4, -0.2) is 15.0 Å². The maximum atomic E-state index is 6.20. The van der Waals surface area contributed by atoms with Gasteiger partial charge in [0.05, 0.1) is 5.69 Å². The van der Waals surface area contributed by atoms with Gasteiger partial charge in [0.1, 0.15) is 5.69 Å². The molecule has 0 atom stereocenters. The van der Waals surface area contributed by atoms with E-state index in [0.717, 1.165) is 29.8 Å². The van der Waals surface area contributed by atoms with Crippen molar-refractivity contribution in [1.82, 2.24) is 15.0 Å². The monoisotopic (exact) mass is 278 g/mol. The summed E-state index contributed by atoms with van der Waals surface area (Å²) in [5.41, 5.74) is 10.2. The van der Waals surface area contributed by atoms with Gasteiger partial charge in [-0.2, -0.15) is 4.68 Å². The van der Waals surface area contributed by atoms with Crippen LogP contribution >= 0.6 is 0 Å². The Hall–Kier alpha value is -2.62. The lowest BCUT2D eigenvalue weighted by Crippen LogP contribution is -2.01. The fourth-order valence-electron chi connectivity index (χ4n) is 2.37. The van der Waals surface area contributed by atoms with Gasteiger partial charge in [0, 0.05) is 5.56 Å². The van der Waals surface area contributed by atoms with Gasteiger partial charge in [-0.1, -0.05) is 61.0 Å². The highest BCUT2D eigenvalue weighted by molar-refractivity contribution is 5.71. The fourth-order valence-corrected chi connectivity index (χ4v) is 2.37. The summed E-state index contributed by atoms with van der Waals surface area (Å²) in [6, 6.07) is 18.1. The van der Waals surface area contributed by atoms with E-state index in [1.807, 2.05) is 30.3 Å². The molecule has 0 fully saturated rings. The lowest BCUT2D eigenvalue weighted by atomic mass is 10.1. The zero-order chi connectivity index (χ0) is 14.7. The van der Waals surface area contributed by atoms with Gasteiger partial charge in [0.2, 0.25) is 0 Å². The average molecular weight is 278 g/mol. The predicted octanol–water partition coefficient (Wildman–Crippen LogP) is 3.47. The van der Waals surface area contributed by atoms with Gasteiger partial charge >= 0.3 is 0 Å². The Labute approximate surface area is 124 Å². The van der Waals surface area contributed by atoms with Crippen LogP contribution in [0.25, 0.3) is 16.9 Å². The van der Waals surface area contributed by atoms with Crippen molar-refractivity contribution in [2.75, 3.05) is 5.73 Å². The first kappa shape index (κ1) is 13.4. The number of para-hydroxylation sites is 1. The number of aromatic nitrogens is 3. The van der Waals surface area contributed by atoms with Gasteiger partial charge in [-0.25, -0.2) is 0 Å². The summed E-state index contributed by atoms with van der Waals surface area (Å²) in [7, 11) is 0. The molecule has 0 aliphatic carbocycles. The summed E-state index contributed by atoms with van der Waals surface area (Å²) in [6.07, 6.45) is 2.23. The normalized spacial score (nSPS) is 10.7. The van der Waals surface area contributed by atoms with Crippen molar-refractivity contribution in [3.05, 3.63) is 60.2 Å². The van der Waals surface area contributed by atoms with E-state index >= 15 is 0 Å². The van der Waals surface area contributed by atoms with Crippen LogP contribution in [0.2, 0.25) is 0 Å². The first-order chi connectivity index (χ1) is 10.3. The number of nitrogen functional groups attached to an aromatic ring is 1. The van der Waals surface area contributed by atoms with Crippen LogP contribution in [0.5, 0.6) is 0 Å². The Balaban J connectivity index is 1.95. The molecule has 0 unspecified atom stereocenters. The summed E-state index contributed by atoms with van der Waals surface area (Å²) in [5.74, 6) is 0.560. The number of rotatable bonds is 4. The molecule has 21 heavy (non-hydrogen) atoms. The van der Waals surface area contributed by atoms with Gasteiger partial charge in [0.25, 0.3) is 0 Å². The molecule has 4 heteroatoms. The zero-order valence-corrected chi connectivity index (χ0v) is 12.0. The molecule has 1 aromatic heterocycles. The van der Waals surface area contributed by atoms with Crippen molar-refractivity contribution >= 4 is 5.82 Å². The van der Waals surface area contributed by atoms with Gasteiger partial charge < -0.3 is 5.73 Å². The standard InChI is InChI=1S/C17H18N4/c1-2-6-13-9-11-14(12-10-13)16-17(18)21(20-19-16)15-7-4-3-5-8-15/h3-5,7-12H,2,6,18H2,1H3. The summed E-state index contributed by atoms with van der Waals surface area (Å²) in [4.78, 5) is 0. The Bertz CT molecular complexity index is 714. The molecule has 1 heterocycles. The third-order valence-corrected chi connectivity index (χ3v) is 3.47. The third-order valence-electron chi connectivity index (χ3n) is 3.47. The smallest absolute Gasteiger partial charge is 0.155 e. The van der Waals surface area contributed by atoms with Crippen molar-refractivity contribution in [3.63, 3.8) is 0 Å². The maximum absolute atomic E-state index is 6.20. The SMILES string of the molecule is CCCc1ccc(-c2nnn(-c3ccccc3)c2N)cc1. The Morgan fingerprint density at radius 1 is 1.00 bits per heavy atom. The molecule has 4 nitrogen and oxygen atoms in total. The van der Waals surface area contributed by atoms with Crippen LogP contribution < -0.4 is 5.73 Å². The molecule has 2 N–H and O–H groups in total. The number of hydrogen-bond donors (Lipinski definition) is 1. The summed E-state index contributed by atoms with van der Waals surface area (Å²) >= 11 is 0. The van der Waals surface area contributed by atoms with E-state index < -0.39 is 0 Å². The van der Waals surface area contributed by atoms with Crippen molar-refractivity contribution in [2.45, 2.75) is 19.8 Å². The molecule has 3 rings (SSSR count). The van der Waals surface area contributed by atoms with Crippen LogP contribution in [-0.2, 0) is 6.42 Å². The molecule has 0 bridgehead atoms. The number of benzene rings is 2. The van der Waals surface area contributed by atoms with Gasteiger partial charge in [-0.05, 0) is 24.1 Å². The van der Waals surface area contributed by atoms with Crippen LogP contribution in [0.15, 0.2) is 54.6 Å². The number of nitrogens with two attached hydrogens (primary N) is 1. The zero-order valence-electron chi connectivity index (χ0n) is 12.0. The highest BCUT2D eigenvalue weighted by Crippen LogP contribution is 2.25. The number of anilines is 1.